The summed E-state index contributed by atoms with van der Waals surface area (Å²) < 4.78 is 5.76. The van der Waals surface area contributed by atoms with Crippen molar-refractivity contribution in [3.63, 3.8) is 0 Å². The van der Waals surface area contributed by atoms with Gasteiger partial charge >= 0.3 is 6.03 Å². The van der Waals surface area contributed by atoms with E-state index in [-0.39, 0.29) is 12.5 Å². The number of carbonyl (C=O) groups is 2. The molecule has 1 unspecified atom stereocenters. The van der Waals surface area contributed by atoms with E-state index in [0.717, 1.165) is 5.69 Å². The molecular weight excluding hydrogens is 434 g/mol. The van der Waals surface area contributed by atoms with Crippen LogP contribution in [0.2, 0.25) is 0 Å². The molecule has 0 saturated carbocycles. The summed E-state index contributed by atoms with van der Waals surface area (Å²) in [6.07, 6.45) is 4.78. The lowest BCUT2D eigenvalue weighted by Crippen LogP contribution is -2.48. The largest absolute Gasteiger partial charge is 0.489 e. The van der Waals surface area contributed by atoms with Gasteiger partial charge in [0, 0.05) is 37.1 Å². The van der Waals surface area contributed by atoms with E-state index >= 15 is 0 Å². The number of nitrogens with one attached hydrogen (secondary N) is 1. The first kappa shape index (κ1) is 24.5. The maximum absolute atomic E-state index is 13.0. The predicted molar refractivity (Wildman–Crippen MR) is 130 cm³/mol. The van der Waals surface area contributed by atoms with Crippen LogP contribution in [-0.2, 0) is 11.2 Å². The molecule has 0 bridgehead atoms. The normalized spacial score (nSPS) is 16.2. The number of carbonyl (C=O) groups excluding carboxylic acids is 2. The minimum Gasteiger partial charge on any atom is -0.489 e. The van der Waals surface area contributed by atoms with Gasteiger partial charge in [-0.25, -0.2) is 9.79 Å². The van der Waals surface area contributed by atoms with E-state index in [1.807, 2.05) is 18.2 Å². The van der Waals surface area contributed by atoms with Crippen LogP contribution in [0.3, 0.4) is 0 Å². The van der Waals surface area contributed by atoms with Gasteiger partial charge in [0.2, 0.25) is 0 Å². The van der Waals surface area contributed by atoms with Crippen molar-refractivity contribution in [3.05, 3.63) is 65.6 Å². The lowest BCUT2D eigenvalue weighted by atomic mass is 10.1. The van der Waals surface area contributed by atoms with Gasteiger partial charge in [-0.2, -0.15) is 0 Å². The molecule has 0 fully saturated rings. The van der Waals surface area contributed by atoms with Crippen molar-refractivity contribution in [2.24, 2.45) is 10.7 Å². The number of rotatable bonds is 4. The van der Waals surface area contributed by atoms with Gasteiger partial charge < -0.3 is 25.8 Å². The number of aliphatic hydroxyl groups is 1. The molecule has 4 N–H and O–H groups in total. The van der Waals surface area contributed by atoms with Gasteiger partial charge in [0.1, 0.15) is 24.0 Å². The molecule has 34 heavy (non-hydrogen) atoms. The lowest BCUT2D eigenvalue weighted by Gasteiger charge is -2.19. The highest BCUT2D eigenvalue weighted by atomic mass is 16.5. The molecule has 1 atom stereocenters. The van der Waals surface area contributed by atoms with E-state index in [1.165, 1.54) is 17.3 Å². The maximum Gasteiger partial charge on any atom is 0.341 e. The molecular formula is C25H27N5O4. The number of urea groups is 1. The summed E-state index contributed by atoms with van der Waals surface area (Å²) in [5, 5.41) is 12.4. The van der Waals surface area contributed by atoms with Crippen LogP contribution >= 0.6 is 0 Å². The maximum atomic E-state index is 13.0. The number of fused-ring (bicyclic) bond motifs is 1. The third-order valence-electron chi connectivity index (χ3n) is 4.84. The van der Waals surface area contributed by atoms with Gasteiger partial charge in [-0.05, 0) is 56.0 Å². The first-order chi connectivity index (χ1) is 16.2. The van der Waals surface area contributed by atoms with Crippen LogP contribution in [0.25, 0.3) is 0 Å². The first-order valence-corrected chi connectivity index (χ1v) is 10.6. The number of benzene rings is 1. The van der Waals surface area contributed by atoms with Crippen molar-refractivity contribution in [2.45, 2.75) is 31.9 Å². The topological polar surface area (TPSA) is 130 Å². The van der Waals surface area contributed by atoms with Gasteiger partial charge in [0.15, 0.2) is 0 Å². The number of anilines is 1. The third kappa shape index (κ3) is 6.67. The van der Waals surface area contributed by atoms with Crippen LogP contribution in [0.1, 0.15) is 25.1 Å². The molecule has 1 aromatic carbocycles. The van der Waals surface area contributed by atoms with Gasteiger partial charge in [-0.1, -0.05) is 17.9 Å². The van der Waals surface area contributed by atoms with Crippen LogP contribution < -0.4 is 20.7 Å². The van der Waals surface area contributed by atoms with E-state index in [1.54, 1.807) is 45.3 Å². The number of ether oxygens (including phenoxy) is 1. The number of aliphatic imine (C=N–C) groups is 1. The average molecular weight is 462 g/mol. The van der Waals surface area contributed by atoms with Crippen molar-refractivity contribution >= 4 is 23.8 Å². The Balaban J connectivity index is 1.68. The molecule has 3 rings (SSSR count). The first-order valence-electron chi connectivity index (χ1n) is 10.6. The number of allylic oxidation sites excluding steroid dienone is 1. The second-order valence-corrected chi connectivity index (χ2v) is 8.20. The number of hydrogen-bond donors (Lipinski definition) is 3. The lowest BCUT2D eigenvalue weighted by molar-refractivity contribution is -0.120. The van der Waals surface area contributed by atoms with Crippen LogP contribution in [0, 0.1) is 11.8 Å². The molecule has 9 nitrogen and oxygen atoms in total. The number of pyridine rings is 1. The van der Waals surface area contributed by atoms with E-state index in [4.69, 9.17) is 10.5 Å². The molecule has 0 radical (unpaired) electrons. The van der Waals surface area contributed by atoms with Crippen molar-refractivity contribution in [1.82, 2.24) is 10.3 Å². The number of likely N-dealkylation sites (N-methyl/N-ethyl adjacent to an activating group) is 1. The van der Waals surface area contributed by atoms with E-state index in [2.05, 4.69) is 27.1 Å². The molecule has 3 amide bonds. The second-order valence-electron chi connectivity index (χ2n) is 8.20. The van der Waals surface area contributed by atoms with E-state index in [0.29, 0.717) is 29.0 Å². The number of nitrogens with zero attached hydrogens (tertiary/aromatic N) is 3. The molecule has 9 heteroatoms. The van der Waals surface area contributed by atoms with Crippen molar-refractivity contribution in [2.75, 3.05) is 18.6 Å². The Bertz CT molecular complexity index is 1170. The smallest absolute Gasteiger partial charge is 0.341 e. The Morgan fingerprint density at radius 2 is 2.21 bits per heavy atom. The summed E-state index contributed by atoms with van der Waals surface area (Å²) in [5.74, 6) is 5.73. The van der Waals surface area contributed by atoms with Gasteiger partial charge in [-0.15, -0.1) is 0 Å². The number of aromatic nitrogens is 1. The molecule has 0 spiro atoms. The quantitative estimate of drug-likeness (QED) is 0.470. The molecule has 0 aliphatic carbocycles. The minimum absolute atomic E-state index is 0.0559. The third-order valence-corrected chi connectivity index (χ3v) is 4.84. The summed E-state index contributed by atoms with van der Waals surface area (Å²) in [4.78, 5) is 34.9. The zero-order valence-corrected chi connectivity index (χ0v) is 19.3. The van der Waals surface area contributed by atoms with Gasteiger partial charge in [0.05, 0.1) is 5.69 Å². The van der Waals surface area contributed by atoms with Gasteiger partial charge in [0.25, 0.3) is 5.91 Å². The minimum atomic E-state index is -1.14. The number of amides is 3. The molecule has 2 aromatic rings. The summed E-state index contributed by atoms with van der Waals surface area (Å²) >= 11 is 0. The fraction of sp³-hybridized carbons (Fsp3) is 0.280. The SMILES string of the molecule is CN1C(=O)C(NC(=O)N=CC(=CN)Cc2ccccn2)COc2ccc(C#CC(C)(C)O)cc21. The highest BCUT2D eigenvalue weighted by Crippen LogP contribution is 2.31. The summed E-state index contributed by atoms with van der Waals surface area (Å²) in [5.41, 5.74) is 7.01. The molecule has 1 aliphatic heterocycles. The number of nitrogens with two attached hydrogens (primary N) is 1. The summed E-state index contributed by atoms with van der Waals surface area (Å²) in [6.45, 7) is 3.12. The highest BCUT2D eigenvalue weighted by molar-refractivity contribution is 6.01. The van der Waals surface area contributed by atoms with Crippen LogP contribution in [0.4, 0.5) is 10.5 Å². The fourth-order valence-electron chi connectivity index (χ4n) is 3.09. The fourth-order valence-corrected chi connectivity index (χ4v) is 3.09. The van der Waals surface area contributed by atoms with Crippen molar-refractivity contribution in [3.8, 4) is 17.6 Å². The Morgan fingerprint density at radius 3 is 2.88 bits per heavy atom. The zero-order valence-electron chi connectivity index (χ0n) is 19.3. The molecule has 176 valence electrons. The Labute approximate surface area is 198 Å². The molecule has 0 saturated heterocycles. The zero-order chi connectivity index (χ0) is 24.7. The van der Waals surface area contributed by atoms with Crippen LogP contribution in [0.15, 0.2) is 59.4 Å². The standard InChI is InChI=1S/C25H27N5O4/c1-25(2,33)10-9-17-7-8-22-21(13-17)30(3)23(31)20(16-34-22)29-24(32)28-15-18(14-26)12-19-6-4-5-11-27-19/h4-8,11,13-15,20,33H,12,16,26H2,1-3H3,(H,29,32). The monoisotopic (exact) mass is 461 g/mol. The van der Waals surface area contributed by atoms with Crippen LogP contribution in [0.5, 0.6) is 5.75 Å². The summed E-state index contributed by atoms with van der Waals surface area (Å²) in [7, 11) is 1.59. The Kier molecular flexibility index (Phi) is 7.66. The predicted octanol–water partition coefficient (Wildman–Crippen LogP) is 1.79. The van der Waals surface area contributed by atoms with E-state index in [9.17, 15) is 14.7 Å². The highest BCUT2D eigenvalue weighted by Gasteiger charge is 2.30. The Hall–Kier alpha value is -4.16. The number of hydrogen-bond acceptors (Lipinski definition) is 6. The second kappa shape index (κ2) is 10.6. The van der Waals surface area contributed by atoms with E-state index < -0.39 is 17.7 Å². The molecule has 1 aromatic heterocycles. The van der Waals surface area contributed by atoms with Crippen molar-refractivity contribution < 1.29 is 19.4 Å². The van der Waals surface area contributed by atoms with Crippen LogP contribution in [-0.4, -0.2) is 53.5 Å². The molecule has 1 aliphatic rings. The molecule has 2 heterocycles. The van der Waals surface area contributed by atoms with Gasteiger partial charge in [-0.3, -0.25) is 9.78 Å². The summed E-state index contributed by atoms with van der Waals surface area (Å²) in [6, 6.07) is 9.01. The Morgan fingerprint density at radius 1 is 1.41 bits per heavy atom. The average Bonchev–Trinajstić information content (AvgIpc) is 2.92. The van der Waals surface area contributed by atoms with Crippen molar-refractivity contribution in [1.29, 1.82) is 0 Å².